The summed E-state index contributed by atoms with van der Waals surface area (Å²) in [4.78, 5) is 13.3. The molecule has 0 radical (unpaired) electrons. The number of carbonyl (C=O) groups is 1. The van der Waals surface area contributed by atoms with Gasteiger partial charge in [0.25, 0.3) is 0 Å². The lowest BCUT2D eigenvalue weighted by Crippen LogP contribution is -2.65. The van der Waals surface area contributed by atoms with Crippen LogP contribution in [-0.2, 0) is 23.7 Å². The molecule has 14 nitrogen and oxygen atoms in total. The van der Waals surface area contributed by atoms with Crippen LogP contribution >= 0.6 is 0 Å². The zero-order valence-electron chi connectivity index (χ0n) is 47.4. The van der Waals surface area contributed by atoms with E-state index in [0.717, 1.165) is 83.5 Å². The van der Waals surface area contributed by atoms with Crippen molar-refractivity contribution in [3.8, 4) is 0 Å². The molecular formula is C63H107NO13. The van der Waals surface area contributed by atoms with E-state index in [1.165, 1.54) is 83.5 Å². The van der Waals surface area contributed by atoms with Crippen LogP contribution in [-0.4, -0.2) is 140 Å². The molecule has 0 saturated carbocycles. The van der Waals surface area contributed by atoms with Gasteiger partial charge in [0.2, 0.25) is 5.91 Å². The first-order chi connectivity index (χ1) is 37.6. The summed E-state index contributed by atoms with van der Waals surface area (Å²) < 4.78 is 22.7. The molecule has 442 valence electrons. The highest BCUT2D eigenvalue weighted by atomic mass is 16.7. The van der Waals surface area contributed by atoms with Gasteiger partial charge in [-0.3, -0.25) is 4.79 Å². The van der Waals surface area contributed by atoms with Gasteiger partial charge in [-0.15, -0.1) is 0 Å². The average molecular weight is 1090 g/mol. The Morgan fingerprint density at radius 3 is 1.43 bits per heavy atom. The summed E-state index contributed by atoms with van der Waals surface area (Å²) in [6, 6.07) is -0.948. The molecule has 14 heteroatoms. The molecule has 0 bridgehead atoms. The summed E-state index contributed by atoms with van der Waals surface area (Å²) in [6.07, 6.45) is 48.7. The van der Waals surface area contributed by atoms with Gasteiger partial charge in [-0.05, 0) is 89.9 Å². The smallest absolute Gasteiger partial charge is 0.220 e. The molecule has 0 aromatic rings. The zero-order valence-corrected chi connectivity index (χ0v) is 47.4. The van der Waals surface area contributed by atoms with E-state index >= 15 is 0 Å². The van der Waals surface area contributed by atoms with Gasteiger partial charge in [-0.25, -0.2) is 0 Å². The van der Waals surface area contributed by atoms with Crippen LogP contribution in [0.5, 0.6) is 0 Å². The molecule has 0 aromatic heterocycles. The van der Waals surface area contributed by atoms with Gasteiger partial charge in [-0.1, -0.05) is 201 Å². The quantitative estimate of drug-likeness (QED) is 0.0205. The normalized spacial score (nSPS) is 25.4. The van der Waals surface area contributed by atoms with Gasteiger partial charge >= 0.3 is 0 Å². The molecular weight excluding hydrogens is 979 g/mol. The molecule has 9 N–H and O–H groups in total. The molecule has 0 spiro atoms. The van der Waals surface area contributed by atoms with Gasteiger partial charge in [0.15, 0.2) is 12.6 Å². The Labute approximate surface area is 464 Å². The molecule has 2 aliphatic heterocycles. The van der Waals surface area contributed by atoms with E-state index in [0.29, 0.717) is 12.8 Å². The van der Waals surface area contributed by atoms with Crippen molar-refractivity contribution in [1.29, 1.82) is 0 Å². The Kier molecular flexibility index (Phi) is 43.4. The third kappa shape index (κ3) is 33.3. The third-order valence-corrected chi connectivity index (χ3v) is 14.0. The number of ether oxygens (including phenoxy) is 4. The number of aliphatic hydroxyl groups is 8. The Hall–Kier alpha value is -3.09. The van der Waals surface area contributed by atoms with Crippen LogP contribution in [0, 0.1) is 0 Å². The summed E-state index contributed by atoms with van der Waals surface area (Å²) in [6.45, 7) is 2.64. The SMILES string of the molecule is CC/C=C\C/C=C\C/C=C\C/C=C\C/C=C\CCCCCCCCCCCC(=O)NC(COC1OC(CO)C(OC2OC(CO)C(O)C(O)C2O)C(O)C1O)C(O)/C=C/CC/C=C/CC/C=C/CCCCCCCCCC. The Bertz CT molecular complexity index is 1660. The van der Waals surface area contributed by atoms with Crippen molar-refractivity contribution in [3.63, 3.8) is 0 Å². The van der Waals surface area contributed by atoms with E-state index in [-0.39, 0.29) is 18.9 Å². The van der Waals surface area contributed by atoms with Crippen LogP contribution in [0.3, 0.4) is 0 Å². The maximum atomic E-state index is 13.3. The van der Waals surface area contributed by atoms with E-state index in [2.05, 4.69) is 104 Å². The molecule has 2 rings (SSSR count). The highest BCUT2D eigenvalue weighted by Crippen LogP contribution is 2.30. The van der Waals surface area contributed by atoms with Crippen molar-refractivity contribution < 1.29 is 64.6 Å². The van der Waals surface area contributed by atoms with Gasteiger partial charge < -0.3 is 65.1 Å². The summed E-state index contributed by atoms with van der Waals surface area (Å²) in [7, 11) is 0. The lowest BCUT2D eigenvalue weighted by Gasteiger charge is -2.46. The van der Waals surface area contributed by atoms with Crippen LogP contribution < -0.4 is 5.32 Å². The van der Waals surface area contributed by atoms with Gasteiger partial charge in [-0.2, -0.15) is 0 Å². The number of allylic oxidation sites excluding steroid dienone is 15. The number of rotatable bonds is 46. The zero-order chi connectivity index (χ0) is 56.0. The van der Waals surface area contributed by atoms with Crippen molar-refractivity contribution in [3.05, 3.63) is 97.2 Å². The lowest BCUT2D eigenvalue weighted by atomic mass is 9.97. The minimum atomic E-state index is -1.80. The molecule has 12 atom stereocenters. The number of amides is 1. The fraction of sp³-hybridized carbons (Fsp3) is 0.730. The van der Waals surface area contributed by atoms with E-state index in [4.69, 9.17) is 18.9 Å². The van der Waals surface area contributed by atoms with Crippen molar-refractivity contribution in [1.82, 2.24) is 5.32 Å². The molecule has 1 amide bonds. The molecule has 2 heterocycles. The Morgan fingerprint density at radius 2 is 0.909 bits per heavy atom. The number of hydrogen-bond acceptors (Lipinski definition) is 13. The average Bonchev–Trinajstić information content (AvgIpc) is 3.44. The summed E-state index contributed by atoms with van der Waals surface area (Å²) >= 11 is 0. The number of nitrogens with one attached hydrogen (secondary N) is 1. The second-order valence-electron chi connectivity index (χ2n) is 20.7. The molecule has 2 fully saturated rings. The summed E-state index contributed by atoms with van der Waals surface area (Å²) in [5.41, 5.74) is 0. The van der Waals surface area contributed by atoms with E-state index in [9.17, 15) is 45.6 Å². The highest BCUT2D eigenvalue weighted by molar-refractivity contribution is 5.76. The standard InChI is InChI=1S/C63H107NO13/c1-3-5-7-9-11-13-15-17-19-21-23-24-25-26-27-28-29-31-33-35-37-39-41-43-45-47-55(68)64-51(52(67)46-44-42-40-38-36-34-32-30-22-20-18-16-14-12-10-8-6-4-2)50-74-62-60(73)58(71)61(54(49-66)76-62)77-63-59(72)57(70)56(69)53(48-65)75-63/h5,7,11,13,17,19,22-24,26-27,30,36,38,44,46,51-54,56-63,65-67,69-73H,3-4,6,8-10,12,14-16,18,20-21,25,28-29,31-35,37,39-43,45,47-50H2,1-2H3,(H,64,68)/b7-5-,13-11-,19-17-,24-23-,27-26-,30-22+,38-36+,46-44+. The van der Waals surface area contributed by atoms with Crippen molar-refractivity contribution in [2.45, 2.75) is 274 Å². The minimum Gasteiger partial charge on any atom is -0.394 e. The van der Waals surface area contributed by atoms with Crippen molar-refractivity contribution in [2.75, 3.05) is 19.8 Å². The molecule has 2 aliphatic rings. The van der Waals surface area contributed by atoms with E-state index in [1.807, 2.05) is 6.08 Å². The molecule has 0 aromatic carbocycles. The molecule has 77 heavy (non-hydrogen) atoms. The van der Waals surface area contributed by atoms with Gasteiger partial charge in [0.05, 0.1) is 32.0 Å². The predicted molar refractivity (Wildman–Crippen MR) is 309 cm³/mol. The number of carbonyl (C=O) groups excluding carboxylic acids is 1. The van der Waals surface area contributed by atoms with Gasteiger partial charge in [0.1, 0.15) is 48.8 Å². The van der Waals surface area contributed by atoms with Crippen LogP contribution in [0.1, 0.15) is 200 Å². The molecule has 12 unspecified atom stereocenters. The second kappa shape index (κ2) is 47.7. The topological polar surface area (TPSA) is 228 Å². The Balaban J connectivity index is 1.78. The third-order valence-electron chi connectivity index (χ3n) is 14.0. The van der Waals surface area contributed by atoms with Crippen LogP contribution in [0.2, 0.25) is 0 Å². The minimum absolute atomic E-state index is 0.257. The largest absolute Gasteiger partial charge is 0.394 e. The highest BCUT2D eigenvalue weighted by Gasteiger charge is 2.51. The number of aliphatic hydroxyl groups excluding tert-OH is 8. The number of unbranched alkanes of at least 4 members (excludes halogenated alkanes) is 19. The van der Waals surface area contributed by atoms with E-state index in [1.54, 1.807) is 6.08 Å². The number of hydrogen-bond donors (Lipinski definition) is 9. The fourth-order valence-corrected chi connectivity index (χ4v) is 9.17. The van der Waals surface area contributed by atoms with Crippen LogP contribution in [0.15, 0.2) is 97.2 Å². The maximum Gasteiger partial charge on any atom is 0.220 e. The lowest BCUT2D eigenvalue weighted by molar-refractivity contribution is -0.359. The van der Waals surface area contributed by atoms with Crippen LogP contribution in [0.4, 0.5) is 0 Å². The fourth-order valence-electron chi connectivity index (χ4n) is 9.17. The van der Waals surface area contributed by atoms with Crippen molar-refractivity contribution >= 4 is 5.91 Å². The first-order valence-electron chi connectivity index (χ1n) is 30.0. The summed E-state index contributed by atoms with van der Waals surface area (Å²) in [5.74, 6) is -0.264. The first-order valence-corrected chi connectivity index (χ1v) is 30.0. The maximum absolute atomic E-state index is 13.3. The monoisotopic (exact) mass is 1090 g/mol. The van der Waals surface area contributed by atoms with Crippen LogP contribution in [0.25, 0.3) is 0 Å². The summed E-state index contributed by atoms with van der Waals surface area (Å²) in [5, 5.41) is 87.1. The Morgan fingerprint density at radius 1 is 0.481 bits per heavy atom. The molecule has 0 aliphatic carbocycles. The second-order valence-corrected chi connectivity index (χ2v) is 20.7. The van der Waals surface area contributed by atoms with Gasteiger partial charge in [0, 0.05) is 6.42 Å². The van der Waals surface area contributed by atoms with E-state index < -0.39 is 86.8 Å². The molecule has 2 saturated heterocycles. The first kappa shape index (κ1) is 70.0. The van der Waals surface area contributed by atoms with Crippen molar-refractivity contribution in [2.24, 2.45) is 0 Å². The predicted octanol–water partition coefficient (Wildman–Crippen LogP) is 10.3.